The Hall–Kier alpha value is -9.33. The van der Waals surface area contributed by atoms with Crippen molar-refractivity contribution in [3.63, 3.8) is 0 Å². The van der Waals surface area contributed by atoms with Crippen LogP contribution in [0.3, 0.4) is 0 Å². The zero-order valence-electron chi connectivity index (χ0n) is 82.6. The van der Waals surface area contributed by atoms with Gasteiger partial charge in [-0.2, -0.15) is 0 Å². The Bertz CT molecular complexity index is 6210. The van der Waals surface area contributed by atoms with Crippen molar-refractivity contribution in [2.24, 2.45) is 10.8 Å². The van der Waals surface area contributed by atoms with E-state index in [0.717, 1.165) is 138 Å². The third kappa shape index (κ3) is 22.0. The molecule has 129 heavy (non-hydrogen) atoms. The van der Waals surface area contributed by atoms with Gasteiger partial charge in [-0.3, -0.25) is 0 Å². The Kier molecular flexibility index (Phi) is 30.3. The Labute approximate surface area is 790 Å². The van der Waals surface area contributed by atoms with Gasteiger partial charge in [0.05, 0.1) is 53.3 Å². The van der Waals surface area contributed by atoms with E-state index in [9.17, 15) is 5.11 Å². The second kappa shape index (κ2) is 39.6. The number of aryl methyl sites for hydroxylation is 14. The molecule has 2 aromatic heterocycles. The summed E-state index contributed by atoms with van der Waals surface area (Å²) in [6.45, 7) is 66.2. The third-order valence-electron chi connectivity index (χ3n) is 25.4. The summed E-state index contributed by atoms with van der Waals surface area (Å²) in [5.41, 5.74) is 36.7. The molecule has 0 bridgehead atoms. The second-order valence-electron chi connectivity index (χ2n) is 42.3. The van der Waals surface area contributed by atoms with Gasteiger partial charge in [-0.25, -0.2) is 15.9 Å². The molecule has 1 aliphatic heterocycles. The number of aromatic nitrogens is 2. The molecule has 1 saturated heterocycles. The van der Waals surface area contributed by atoms with Crippen LogP contribution in [-0.4, -0.2) is 48.7 Å². The zero-order valence-corrected chi connectivity index (χ0v) is 85.4. The van der Waals surface area contributed by atoms with Crippen molar-refractivity contribution in [3.8, 4) is 89.6 Å². The molecule has 7 nitrogen and oxygen atoms in total. The summed E-state index contributed by atoms with van der Waals surface area (Å²) in [6.07, 6.45) is 6.32. The molecule has 0 unspecified atom stereocenters. The molecular formula is C118H140F2N2O5ScSi-2. The minimum Gasteiger partial charge on any atom is -0.552 e. The number of nitrogens with zero attached hydrogens (tertiary/aromatic N) is 2. The monoisotopic (exact) mass is 1780 g/mol. The standard InChI is InChI=1S/C110H121F2N2O4.C4H8O.C4H11Si.Sc/c1-63-39-67(5)101(68(6)40-63)77-29-33-85-86-34-30-78(102-69(7)41-64(2)42-70(102)8)50-96(86)113(95(85)49-77)99-55-81(109(21,22)61-107(15,16)17)53-89(93(99)59-115)91-57-83(111)47-75(13)105(91)117-37-27-26-28-38-118-106-76(14)48-84(112)58-92(106)90-54-82(110(23,24)62-108(18,19)20)56-100(94(90)60-116-25)114-97-51-79(103-71(9)43-65(3)44-72(103)10)31-35-87(97)88-36-32-80(52-98(88)114)104-73(11)45-66(4)46-74(104)12;1-2-4-5-3-1;1-5(2,3)4;/h29-36,39-58,115H,25-28,37-38,59-62H2,1-24H3;1-4H2;1H2,2-4H3;/q-1;;-1;. The maximum Gasteiger partial charge on any atom is 0.130 e. The van der Waals surface area contributed by atoms with Gasteiger partial charge in [-0.05, 0) is 359 Å². The first-order chi connectivity index (χ1) is 60.2. The second-order valence-corrected chi connectivity index (χ2v) is 47.4. The van der Waals surface area contributed by atoms with Crippen LogP contribution < -0.4 is 9.47 Å². The van der Waals surface area contributed by atoms with Crippen LogP contribution in [-0.2, 0) is 59.4 Å². The molecule has 1 N–H and O–H groups in total. The number of aliphatic hydroxyl groups is 1. The Morgan fingerprint density at radius 3 is 0.930 bits per heavy atom. The van der Waals surface area contributed by atoms with Crippen LogP contribution in [0.5, 0.6) is 11.5 Å². The molecular weight excluding hydrogens is 1640 g/mol. The number of halogens is 2. The van der Waals surface area contributed by atoms with Gasteiger partial charge < -0.3 is 39.7 Å². The van der Waals surface area contributed by atoms with Crippen molar-refractivity contribution in [3.05, 3.63) is 295 Å². The number of unbranched alkanes of at least 4 members (excludes halogenated alkanes) is 2. The van der Waals surface area contributed by atoms with Crippen LogP contribution in [0.1, 0.15) is 214 Å². The molecule has 0 atom stereocenters. The number of benzene rings is 12. The molecule has 0 aliphatic carbocycles. The van der Waals surface area contributed by atoms with Gasteiger partial charge in [-0.15, -0.1) is 8.07 Å². The van der Waals surface area contributed by atoms with Crippen molar-refractivity contribution in [1.82, 2.24) is 9.13 Å². The van der Waals surface area contributed by atoms with E-state index >= 15 is 8.78 Å². The summed E-state index contributed by atoms with van der Waals surface area (Å²) >= 11 is 0. The van der Waals surface area contributed by atoms with Crippen molar-refractivity contribution in [1.29, 1.82) is 0 Å². The largest absolute Gasteiger partial charge is 0.552 e. The first kappa shape index (κ1) is 98.7. The normalized spacial score (nSPS) is 12.7. The van der Waals surface area contributed by atoms with Crippen LogP contribution in [0.25, 0.3) is 122 Å². The maximum atomic E-state index is 16.8. The van der Waals surface area contributed by atoms with Crippen molar-refractivity contribution in [2.45, 2.75) is 255 Å². The molecule has 15 rings (SSSR count). The fraction of sp³-hybridized carbons (Fsp3) is 0.373. The number of hydrogen-bond acceptors (Lipinski definition) is 5. The summed E-state index contributed by atoms with van der Waals surface area (Å²) in [5, 5.41) is 16.8. The predicted molar refractivity (Wildman–Crippen MR) is 544 cm³/mol. The van der Waals surface area contributed by atoms with E-state index in [2.05, 4.69) is 340 Å². The first-order valence-corrected chi connectivity index (χ1v) is 50.0. The minimum atomic E-state index is -0.861. The van der Waals surface area contributed by atoms with Gasteiger partial charge >= 0.3 is 0 Å². The number of fused-ring (bicyclic) bond motifs is 6. The SMILES string of the molecule is C1CCOC1.[CH2-]OCc1c(-c2cc(F)cc(C)c2OCCCCCOc2c(C)cc(F)cc2-c2cc(C(C)(C)CC(C)(C)C)cc(-n3c4cc(-c5c(C)cc(C)cc5C)ccc4c4ccc(-c5c(C)cc(C)cc5C)cc43)c2CO)cc(C(C)(C)CC(C)(C)C)cc1-n1c2cc(-c3c(C)cc(C)cc3C)ccc2c2ccc(-c3c(C)cc(C)cc3C)cc21.[CH2-][Si](C)(C)C.[Sc]. The Balaban J connectivity index is 0.00000129. The number of rotatable bonds is 23. The van der Waals surface area contributed by atoms with Gasteiger partial charge in [0.15, 0.2) is 0 Å². The van der Waals surface area contributed by atoms with E-state index in [4.69, 9.17) is 18.9 Å². The van der Waals surface area contributed by atoms with E-state index in [-0.39, 0.29) is 72.4 Å². The van der Waals surface area contributed by atoms with Gasteiger partial charge in [0.1, 0.15) is 23.1 Å². The van der Waals surface area contributed by atoms with Crippen LogP contribution in [0.15, 0.2) is 170 Å². The Morgan fingerprint density at radius 2 is 0.667 bits per heavy atom. The molecule has 12 aromatic carbocycles. The van der Waals surface area contributed by atoms with Crippen LogP contribution in [0.2, 0.25) is 19.6 Å². The predicted octanol–water partition coefficient (Wildman–Crippen LogP) is 32.8. The van der Waals surface area contributed by atoms with Gasteiger partial charge in [0.2, 0.25) is 0 Å². The molecule has 1 aliphatic rings. The minimum absolute atomic E-state index is 0. The van der Waals surface area contributed by atoms with E-state index in [1.165, 1.54) is 102 Å². The van der Waals surface area contributed by atoms with Crippen molar-refractivity contribution >= 4 is 51.7 Å². The molecule has 675 valence electrons. The van der Waals surface area contributed by atoms with Gasteiger partial charge in [0.25, 0.3) is 0 Å². The van der Waals surface area contributed by atoms with E-state index in [1.807, 2.05) is 13.8 Å². The van der Waals surface area contributed by atoms with E-state index < -0.39 is 8.07 Å². The topological polar surface area (TPSA) is 67.0 Å². The van der Waals surface area contributed by atoms with Crippen molar-refractivity contribution in [2.75, 3.05) is 26.4 Å². The van der Waals surface area contributed by atoms with E-state index in [1.54, 1.807) is 24.3 Å². The average molecular weight is 1780 g/mol. The van der Waals surface area contributed by atoms with Crippen LogP contribution in [0, 0.1) is 133 Å². The summed E-state index contributed by atoms with van der Waals surface area (Å²) in [5.74, 6) is 0.427. The molecule has 14 aromatic rings. The molecule has 0 saturated carbocycles. The fourth-order valence-corrected chi connectivity index (χ4v) is 21.5. The smallest absolute Gasteiger partial charge is 0.130 e. The molecule has 11 heteroatoms. The summed E-state index contributed by atoms with van der Waals surface area (Å²) < 4.78 is 63.6. The van der Waals surface area contributed by atoms with Gasteiger partial charge in [0, 0.05) is 89.5 Å². The van der Waals surface area contributed by atoms with Crippen LogP contribution in [0.4, 0.5) is 8.78 Å². The molecule has 3 heterocycles. The number of aliphatic hydroxyl groups excluding tert-OH is 1. The third-order valence-corrected chi connectivity index (χ3v) is 25.4. The van der Waals surface area contributed by atoms with E-state index in [0.29, 0.717) is 65.4 Å². The maximum absolute atomic E-state index is 16.8. The zero-order chi connectivity index (χ0) is 92.9. The average Bonchev–Trinajstić information content (AvgIpc) is 1.57. The quantitative estimate of drug-likeness (QED) is 0.0393. The molecule has 1 fully saturated rings. The summed E-state index contributed by atoms with van der Waals surface area (Å²) in [6, 6.07) is 61.2. The molecule has 0 spiro atoms. The molecule has 0 amide bonds. The molecule has 1 radical (unpaired) electrons. The summed E-state index contributed by atoms with van der Waals surface area (Å²) in [4.78, 5) is 0. The number of ether oxygens (including phenoxy) is 4. The number of hydrogen-bond donors (Lipinski definition) is 1. The first-order valence-electron chi connectivity index (χ1n) is 46.3. The van der Waals surface area contributed by atoms with Gasteiger partial charge in [-0.1, -0.05) is 208 Å². The van der Waals surface area contributed by atoms with Crippen LogP contribution >= 0.6 is 0 Å². The Morgan fingerprint density at radius 1 is 0.380 bits per heavy atom. The van der Waals surface area contributed by atoms with Crippen molar-refractivity contribution < 1.29 is 58.7 Å². The summed E-state index contributed by atoms with van der Waals surface area (Å²) in [7, 11) is 3.21. The fourth-order valence-electron chi connectivity index (χ4n) is 21.5.